The van der Waals surface area contributed by atoms with Gasteiger partial charge >= 0.3 is 0 Å². The van der Waals surface area contributed by atoms with Crippen LogP contribution in [0.1, 0.15) is 17.5 Å². The third kappa shape index (κ3) is 4.12. The van der Waals surface area contributed by atoms with Crippen molar-refractivity contribution in [2.24, 2.45) is 0 Å². The molecule has 20 heavy (non-hydrogen) atoms. The summed E-state index contributed by atoms with van der Waals surface area (Å²) >= 11 is 0. The van der Waals surface area contributed by atoms with Gasteiger partial charge in [0.05, 0.1) is 0 Å². The molecule has 1 amide bonds. The Hall–Kier alpha value is -2.29. The van der Waals surface area contributed by atoms with E-state index in [2.05, 4.69) is 42.7 Å². The third-order valence-corrected chi connectivity index (χ3v) is 3.11. The lowest BCUT2D eigenvalue weighted by molar-refractivity contribution is -0.115. The summed E-state index contributed by atoms with van der Waals surface area (Å²) in [5.74, 6) is 0.0217. The van der Waals surface area contributed by atoms with Crippen LogP contribution in [-0.2, 0) is 4.79 Å². The highest BCUT2D eigenvalue weighted by Gasteiger charge is 2.03. The molecule has 2 rings (SSSR count). The SMILES string of the molecule is Cc1ccc(NCCC(=O)Nc2ccccc2)c(C)c1. The summed E-state index contributed by atoms with van der Waals surface area (Å²) in [6.45, 7) is 4.77. The van der Waals surface area contributed by atoms with Gasteiger partial charge in [0, 0.05) is 24.3 Å². The minimum absolute atomic E-state index is 0.0217. The van der Waals surface area contributed by atoms with Crippen molar-refractivity contribution in [1.29, 1.82) is 0 Å². The van der Waals surface area contributed by atoms with Crippen LogP contribution in [0.4, 0.5) is 11.4 Å². The fourth-order valence-corrected chi connectivity index (χ4v) is 2.07. The molecule has 0 aliphatic heterocycles. The molecule has 0 unspecified atom stereocenters. The van der Waals surface area contributed by atoms with Crippen LogP contribution < -0.4 is 10.6 Å². The van der Waals surface area contributed by atoms with E-state index in [1.165, 1.54) is 11.1 Å². The van der Waals surface area contributed by atoms with Gasteiger partial charge in [-0.05, 0) is 37.6 Å². The zero-order valence-corrected chi connectivity index (χ0v) is 11.9. The highest BCUT2D eigenvalue weighted by atomic mass is 16.1. The number of hydrogen-bond donors (Lipinski definition) is 2. The third-order valence-electron chi connectivity index (χ3n) is 3.11. The Morgan fingerprint density at radius 2 is 1.80 bits per heavy atom. The van der Waals surface area contributed by atoms with E-state index in [1.54, 1.807) is 0 Å². The molecular formula is C17H20N2O. The van der Waals surface area contributed by atoms with Crippen molar-refractivity contribution in [3.8, 4) is 0 Å². The number of carbonyl (C=O) groups excluding carboxylic acids is 1. The quantitative estimate of drug-likeness (QED) is 0.867. The lowest BCUT2D eigenvalue weighted by Gasteiger charge is -2.10. The van der Waals surface area contributed by atoms with E-state index in [0.29, 0.717) is 13.0 Å². The highest BCUT2D eigenvalue weighted by molar-refractivity contribution is 5.90. The monoisotopic (exact) mass is 268 g/mol. The average molecular weight is 268 g/mol. The van der Waals surface area contributed by atoms with Crippen LogP contribution in [0.25, 0.3) is 0 Å². The molecule has 3 nitrogen and oxygen atoms in total. The van der Waals surface area contributed by atoms with E-state index in [9.17, 15) is 4.79 Å². The predicted octanol–water partition coefficient (Wildman–Crippen LogP) is 3.74. The molecule has 2 aromatic rings. The summed E-state index contributed by atoms with van der Waals surface area (Å²) in [4.78, 5) is 11.8. The van der Waals surface area contributed by atoms with Crippen molar-refractivity contribution in [3.63, 3.8) is 0 Å². The molecule has 2 aromatic carbocycles. The molecule has 0 heterocycles. The first kappa shape index (κ1) is 14.1. The molecule has 0 radical (unpaired) electrons. The number of aryl methyl sites for hydroxylation is 2. The number of benzene rings is 2. The highest BCUT2D eigenvalue weighted by Crippen LogP contribution is 2.15. The molecule has 0 bridgehead atoms. The van der Waals surface area contributed by atoms with Crippen LogP contribution in [0.5, 0.6) is 0 Å². The van der Waals surface area contributed by atoms with E-state index in [1.807, 2.05) is 30.3 Å². The lowest BCUT2D eigenvalue weighted by Crippen LogP contribution is -2.16. The van der Waals surface area contributed by atoms with Gasteiger partial charge < -0.3 is 10.6 Å². The first-order valence-electron chi connectivity index (χ1n) is 6.81. The van der Waals surface area contributed by atoms with Crippen molar-refractivity contribution in [1.82, 2.24) is 0 Å². The van der Waals surface area contributed by atoms with Gasteiger partial charge in [0.15, 0.2) is 0 Å². The summed E-state index contributed by atoms with van der Waals surface area (Å²) in [6, 6.07) is 15.8. The molecule has 0 aliphatic rings. The van der Waals surface area contributed by atoms with Crippen molar-refractivity contribution in [2.45, 2.75) is 20.3 Å². The number of nitrogens with one attached hydrogen (secondary N) is 2. The molecular weight excluding hydrogens is 248 g/mol. The van der Waals surface area contributed by atoms with Crippen LogP contribution in [0.3, 0.4) is 0 Å². The van der Waals surface area contributed by atoms with Gasteiger partial charge in [0.1, 0.15) is 0 Å². The lowest BCUT2D eigenvalue weighted by atomic mass is 10.1. The fourth-order valence-electron chi connectivity index (χ4n) is 2.07. The second-order valence-corrected chi connectivity index (χ2v) is 4.91. The van der Waals surface area contributed by atoms with Crippen molar-refractivity contribution < 1.29 is 4.79 Å². The van der Waals surface area contributed by atoms with E-state index in [4.69, 9.17) is 0 Å². The zero-order valence-electron chi connectivity index (χ0n) is 11.9. The largest absolute Gasteiger partial charge is 0.384 e. The second kappa shape index (κ2) is 6.75. The topological polar surface area (TPSA) is 41.1 Å². The number of hydrogen-bond acceptors (Lipinski definition) is 2. The number of amides is 1. The van der Waals surface area contributed by atoms with Crippen LogP contribution >= 0.6 is 0 Å². The standard InChI is InChI=1S/C17H20N2O/c1-13-8-9-16(14(2)12-13)18-11-10-17(20)19-15-6-4-3-5-7-15/h3-9,12,18H,10-11H2,1-2H3,(H,19,20). The van der Waals surface area contributed by atoms with E-state index < -0.39 is 0 Å². The Bertz CT molecular complexity index is 579. The van der Waals surface area contributed by atoms with Gasteiger partial charge in [0.25, 0.3) is 0 Å². The summed E-state index contributed by atoms with van der Waals surface area (Å²) in [5.41, 5.74) is 4.37. The summed E-state index contributed by atoms with van der Waals surface area (Å²) in [7, 11) is 0. The molecule has 0 aromatic heterocycles. The number of para-hydroxylation sites is 1. The Morgan fingerprint density at radius 3 is 2.50 bits per heavy atom. The van der Waals surface area contributed by atoms with E-state index in [0.717, 1.165) is 11.4 Å². The molecule has 0 saturated heterocycles. The van der Waals surface area contributed by atoms with Gasteiger partial charge in [0.2, 0.25) is 5.91 Å². The number of rotatable bonds is 5. The Balaban J connectivity index is 1.79. The minimum Gasteiger partial charge on any atom is -0.384 e. The van der Waals surface area contributed by atoms with E-state index in [-0.39, 0.29) is 5.91 Å². The summed E-state index contributed by atoms with van der Waals surface area (Å²) in [5, 5.41) is 6.17. The first-order valence-corrected chi connectivity index (χ1v) is 6.81. The molecule has 0 saturated carbocycles. The van der Waals surface area contributed by atoms with Crippen molar-refractivity contribution >= 4 is 17.3 Å². The Morgan fingerprint density at radius 1 is 1.05 bits per heavy atom. The van der Waals surface area contributed by atoms with Gasteiger partial charge in [-0.25, -0.2) is 0 Å². The zero-order chi connectivity index (χ0) is 14.4. The van der Waals surface area contributed by atoms with E-state index >= 15 is 0 Å². The Kier molecular flexibility index (Phi) is 4.77. The number of carbonyl (C=O) groups is 1. The molecule has 3 heteroatoms. The summed E-state index contributed by atoms with van der Waals surface area (Å²) < 4.78 is 0. The van der Waals surface area contributed by atoms with Crippen LogP contribution in [0.15, 0.2) is 48.5 Å². The average Bonchev–Trinajstić information content (AvgIpc) is 2.42. The fraction of sp³-hybridized carbons (Fsp3) is 0.235. The Labute approximate surface area is 120 Å². The maximum Gasteiger partial charge on any atom is 0.226 e. The van der Waals surface area contributed by atoms with Gasteiger partial charge in [-0.2, -0.15) is 0 Å². The molecule has 0 aliphatic carbocycles. The summed E-state index contributed by atoms with van der Waals surface area (Å²) in [6.07, 6.45) is 0.447. The second-order valence-electron chi connectivity index (χ2n) is 4.91. The number of anilines is 2. The van der Waals surface area contributed by atoms with Crippen LogP contribution in [0.2, 0.25) is 0 Å². The molecule has 0 spiro atoms. The van der Waals surface area contributed by atoms with Gasteiger partial charge in [-0.1, -0.05) is 35.9 Å². The molecule has 0 atom stereocenters. The minimum atomic E-state index is 0.0217. The smallest absolute Gasteiger partial charge is 0.226 e. The maximum absolute atomic E-state index is 11.8. The molecule has 2 N–H and O–H groups in total. The predicted molar refractivity (Wildman–Crippen MR) is 84.1 cm³/mol. The van der Waals surface area contributed by atoms with Gasteiger partial charge in [-0.3, -0.25) is 4.79 Å². The van der Waals surface area contributed by atoms with Crippen molar-refractivity contribution in [3.05, 3.63) is 59.7 Å². The van der Waals surface area contributed by atoms with Crippen molar-refractivity contribution in [2.75, 3.05) is 17.2 Å². The normalized spacial score (nSPS) is 10.1. The van der Waals surface area contributed by atoms with Gasteiger partial charge in [-0.15, -0.1) is 0 Å². The molecule has 0 fully saturated rings. The first-order chi connectivity index (χ1) is 9.65. The van der Waals surface area contributed by atoms with Crippen LogP contribution in [-0.4, -0.2) is 12.5 Å². The maximum atomic E-state index is 11.8. The van der Waals surface area contributed by atoms with Crippen LogP contribution in [0, 0.1) is 13.8 Å². The molecule has 104 valence electrons.